The van der Waals surface area contributed by atoms with E-state index in [2.05, 4.69) is 12.2 Å². The normalized spacial score (nSPS) is 12.0. The van der Waals surface area contributed by atoms with Gasteiger partial charge in [-0.2, -0.15) is 0 Å². The molecule has 1 amide bonds. The fourth-order valence-electron chi connectivity index (χ4n) is 2.16. The van der Waals surface area contributed by atoms with E-state index in [0.717, 1.165) is 29.0 Å². The predicted molar refractivity (Wildman–Crippen MR) is 95.8 cm³/mol. The molecule has 116 valence electrons. The number of thioether (sulfide) groups is 1. The number of rotatable bonds is 6. The van der Waals surface area contributed by atoms with Crippen molar-refractivity contribution in [3.8, 4) is 0 Å². The Balaban J connectivity index is 2.07. The summed E-state index contributed by atoms with van der Waals surface area (Å²) in [5, 5.41) is 3.65. The number of halogens is 1. The van der Waals surface area contributed by atoms with Gasteiger partial charge in [0, 0.05) is 15.6 Å². The number of aryl methyl sites for hydroxylation is 1. The first-order chi connectivity index (χ1) is 10.6. The summed E-state index contributed by atoms with van der Waals surface area (Å²) in [5.74, 6) is 0.0448. The lowest BCUT2D eigenvalue weighted by Crippen LogP contribution is -2.25. The summed E-state index contributed by atoms with van der Waals surface area (Å²) in [6.07, 6.45) is 1.67. The Bertz CT molecular complexity index is 627. The zero-order valence-corrected chi connectivity index (χ0v) is 14.4. The Hall–Kier alpha value is -1.45. The first-order valence-electron chi connectivity index (χ1n) is 7.45. The average molecular weight is 334 g/mol. The molecule has 2 aromatic rings. The standard InChI is InChI=1S/C18H20ClNOS/c1-3-13-7-5-6-8-16(13)20-18(21)17(4-2)22-15-11-9-14(19)10-12-15/h5-12,17H,3-4H2,1-2H3,(H,20,21). The summed E-state index contributed by atoms with van der Waals surface area (Å²) in [6, 6.07) is 15.5. The minimum atomic E-state index is -0.119. The van der Waals surface area contributed by atoms with E-state index in [1.54, 1.807) is 11.8 Å². The summed E-state index contributed by atoms with van der Waals surface area (Å²) in [6.45, 7) is 4.11. The Kier molecular flexibility index (Phi) is 6.34. The van der Waals surface area contributed by atoms with Crippen LogP contribution in [0, 0.1) is 0 Å². The number of para-hydroxylation sites is 1. The van der Waals surface area contributed by atoms with Crippen LogP contribution in [-0.2, 0) is 11.2 Å². The zero-order chi connectivity index (χ0) is 15.9. The molecule has 22 heavy (non-hydrogen) atoms. The molecular formula is C18H20ClNOS. The molecule has 0 bridgehead atoms. The first-order valence-corrected chi connectivity index (χ1v) is 8.70. The molecule has 2 rings (SSSR count). The van der Waals surface area contributed by atoms with Gasteiger partial charge in [-0.25, -0.2) is 0 Å². The van der Waals surface area contributed by atoms with E-state index in [9.17, 15) is 4.79 Å². The van der Waals surface area contributed by atoms with Crippen molar-refractivity contribution >= 4 is 35.0 Å². The second-order valence-corrected chi connectivity index (χ2v) is 6.68. The topological polar surface area (TPSA) is 29.1 Å². The number of hydrogen-bond donors (Lipinski definition) is 1. The molecule has 2 nitrogen and oxygen atoms in total. The lowest BCUT2D eigenvalue weighted by atomic mass is 10.1. The van der Waals surface area contributed by atoms with E-state index < -0.39 is 0 Å². The fourth-order valence-corrected chi connectivity index (χ4v) is 3.24. The molecule has 0 heterocycles. The highest BCUT2D eigenvalue weighted by molar-refractivity contribution is 8.00. The molecule has 2 aromatic carbocycles. The molecular weight excluding hydrogens is 314 g/mol. The molecule has 0 aromatic heterocycles. The smallest absolute Gasteiger partial charge is 0.237 e. The van der Waals surface area contributed by atoms with E-state index in [1.165, 1.54) is 0 Å². The van der Waals surface area contributed by atoms with E-state index >= 15 is 0 Å². The number of carbonyl (C=O) groups is 1. The maximum atomic E-state index is 12.5. The molecule has 1 unspecified atom stereocenters. The fraction of sp³-hybridized carbons (Fsp3) is 0.278. The van der Waals surface area contributed by atoms with Gasteiger partial charge in [-0.1, -0.05) is 43.6 Å². The van der Waals surface area contributed by atoms with Gasteiger partial charge in [0.15, 0.2) is 0 Å². The highest BCUT2D eigenvalue weighted by Crippen LogP contribution is 2.28. The zero-order valence-electron chi connectivity index (χ0n) is 12.8. The minimum absolute atomic E-state index is 0.0448. The molecule has 1 N–H and O–H groups in total. The SMILES string of the molecule is CCc1ccccc1NC(=O)C(CC)Sc1ccc(Cl)cc1. The lowest BCUT2D eigenvalue weighted by molar-refractivity contribution is -0.115. The summed E-state index contributed by atoms with van der Waals surface area (Å²) < 4.78 is 0. The first kappa shape index (κ1) is 16.9. The quantitative estimate of drug-likeness (QED) is 0.716. The van der Waals surface area contributed by atoms with Crippen LogP contribution in [0.5, 0.6) is 0 Å². The Morgan fingerprint density at radius 2 is 1.82 bits per heavy atom. The number of amides is 1. The van der Waals surface area contributed by atoms with Crippen LogP contribution in [0.3, 0.4) is 0 Å². The molecule has 0 saturated heterocycles. The largest absolute Gasteiger partial charge is 0.325 e. The third-order valence-electron chi connectivity index (χ3n) is 3.41. The van der Waals surface area contributed by atoms with E-state index in [0.29, 0.717) is 5.02 Å². The monoisotopic (exact) mass is 333 g/mol. The van der Waals surface area contributed by atoms with Gasteiger partial charge in [-0.3, -0.25) is 4.79 Å². The summed E-state index contributed by atoms with van der Waals surface area (Å²) in [7, 11) is 0. The molecule has 0 saturated carbocycles. The van der Waals surface area contributed by atoms with Crippen LogP contribution in [0.2, 0.25) is 5.02 Å². The maximum Gasteiger partial charge on any atom is 0.237 e. The molecule has 1 atom stereocenters. The van der Waals surface area contributed by atoms with Gasteiger partial charge in [0.25, 0.3) is 0 Å². The van der Waals surface area contributed by atoms with Crippen LogP contribution in [-0.4, -0.2) is 11.2 Å². The van der Waals surface area contributed by atoms with Crippen LogP contribution in [0.1, 0.15) is 25.8 Å². The van der Waals surface area contributed by atoms with E-state index in [1.807, 2.05) is 55.5 Å². The molecule has 0 aliphatic rings. The van der Waals surface area contributed by atoms with Crippen molar-refractivity contribution in [2.75, 3.05) is 5.32 Å². The predicted octanol–water partition coefficient (Wildman–Crippen LogP) is 5.41. The molecule has 0 spiro atoms. The molecule has 0 aliphatic heterocycles. The second-order valence-electron chi connectivity index (χ2n) is 4.97. The third-order valence-corrected chi connectivity index (χ3v) is 5.04. The van der Waals surface area contributed by atoms with Crippen molar-refractivity contribution in [2.24, 2.45) is 0 Å². The second kappa shape index (κ2) is 8.25. The van der Waals surface area contributed by atoms with Crippen LogP contribution < -0.4 is 5.32 Å². The van der Waals surface area contributed by atoms with E-state index in [4.69, 9.17) is 11.6 Å². The van der Waals surface area contributed by atoms with Crippen molar-refractivity contribution in [3.63, 3.8) is 0 Å². The molecule has 4 heteroatoms. The van der Waals surface area contributed by atoms with Crippen molar-refractivity contribution < 1.29 is 4.79 Å². The van der Waals surface area contributed by atoms with Gasteiger partial charge < -0.3 is 5.32 Å². The summed E-state index contributed by atoms with van der Waals surface area (Å²) in [4.78, 5) is 13.6. The highest BCUT2D eigenvalue weighted by Gasteiger charge is 2.18. The summed E-state index contributed by atoms with van der Waals surface area (Å²) >= 11 is 7.46. The van der Waals surface area contributed by atoms with Crippen LogP contribution in [0.4, 0.5) is 5.69 Å². The number of benzene rings is 2. The Morgan fingerprint density at radius 1 is 1.14 bits per heavy atom. The van der Waals surface area contributed by atoms with Crippen molar-refractivity contribution in [3.05, 3.63) is 59.1 Å². The third kappa shape index (κ3) is 4.52. The van der Waals surface area contributed by atoms with E-state index in [-0.39, 0.29) is 11.2 Å². The molecule has 0 aliphatic carbocycles. The average Bonchev–Trinajstić information content (AvgIpc) is 2.54. The van der Waals surface area contributed by atoms with Gasteiger partial charge in [0.1, 0.15) is 0 Å². The van der Waals surface area contributed by atoms with Crippen LogP contribution >= 0.6 is 23.4 Å². The number of carbonyl (C=O) groups excluding carboxylic acids is 1. The molecule has 0 fully saturated rings. The Labute approximate surface area is 141 Å². The van der Waals surface area contributed by atoms with Crippen molar-refractivity contribution in [2.45, 2.75) is 36.8 Å². The minimum Gasteiger partial charge on any atom is -0.325 e. The van der Waals surface area contributed by atoms with Gasteiger partial charge in [0.2, 0.25) is 5.91 Å². The van der Waals surface area contributed by atoms with Gasteiger partial charge >= 0.3 is 0 Å². The number of anilines is 1. The number of hydrogen-bond acceptors (Lipinski definition) is 2. The van der Waals surface area contributed by atoms with Gasteiger partial charge in [-0.15, -0.1) is 11.8 Å². The van der Waals surface area contributed by atoms with Crippen molar-refractivity contribution in [1.82, 2.24) is 0 Å². The Morgan fingerprint density at radius 3 is 2.45 bits per heavy atom. The van der Waals surface area contributed by atoms with Crippen molar-refractivity contribution in [1.29, 1.82) is 0 Å². The van der Waals surface area contributed by atoms with Crippen LogP contribution in [0.15, 0.2) is 53.4 Å². The number of nitrogens with one attached hydrogen (secondary N) is 1. The molecule has 0 radical (unpaired) electrons. The lowest BCUT2D eigenvalue weighted by Gasteiger charge is -2.16. The highest BCUT2D eigenvalue weighted by atomic mass is 35.5. The maximum absolute atomic E-state index is 12.5. The summed E-state index contributed by atoms with van der Waals surface area (Å²) in [5.41, 5.74) is 2.06. The van der Waals surface area contributed by atoms with Gasteiger partial charge in [-0.05, 0) is 48.7 Å². The van der Waals surface area contributed by atoms with Gasteiger partial charge in [0.05, 0.1) is 5.25 Å². The van der Waals surface area contributed by atoms with Crippen LogP contribution in [0.25, 0.3) is 0 Å².